The van der Waals surface area contributed by atoms with Crippen molar-refractivity contribution in [1.29, 1.82) is 0 Å². The van der Waals surface area contributed by atoms with E-state index < -0.39 is 15.1 Å². The van der Waals surface area contributed by atoms with E-state index in [1.165, 1.54) is 11.3 Å². The Morgan fingerprint density at radius 3 is 2.45 bits per heavy atom. The van der Waals surface area contributed by atoms with Crippen LogP contribution in [0.2, 0.25) is 0 Å². The molecule has 8 heteroatoms. The van der Waals surface area contributed by atoms with E-state index in [4.69, 9.17) is 9.72 Å². The molecule has 0 spiro atoms. The molecule has 1 unspecified atom stereocenters. The van der Waals surface area contributed by atoms with Gasteiger partial charge in [-0.05, 0) is 69.4 Å². The van der Waals surface area contributed by atoms with Gasteiger partial charge in [0.1, 0.15) is 0 Å². The Balaban J connectivity index is 1.62. The van der Waals surface area contributed by atoms with E-state index in [9.17, 15) is 13.2 Å². The summed E-state index contributed by atoms with van der Waals surface area (Å²) in [6.07, 6.45) is 2.09. The monoisotopic (exact) mass is 486 g/mol. The molecule has 1 aliphatic heterocycles. The van der Waals surface area contributed by atoms with Gasteiger partial charge in [-0.25, -0.2) is 13.4 Å². The number of carbonyl (C=O) groups is 1. The summed E-state index contributed by atoms with van der Waals surface area (Å²) in [5, 5.41) is 0.194. The Morgan fingerprint density at radius 1 is 1.15 bits per heavy atom. The molecule has 1 atom stereocenters. The first kappa shape index (κ1) is 23.9. The standard InChI is InChI=1S/C25H30N2O4S2/c1-16(2)33(29,30)21-11-9-19(10-12-21)14-22(28)27(15-20-6-5-13-31-20)25-26-23-17(3)7-8-18(4)24(23)32-25/h7-12,16,20H,5-6,13-15H2,1-4H3. The normalized spacial score (nSPS) is 16.6. The van der Waals surface area contributed by atoms with Gasteiger partial charge in [-0.3, -0.25) is 9.69 Å². The first-order valence-corrected chi connectivity index (χ1v) is 13.6. The molecule has 1 aliphatic rings. The average Bonchev–Trinajstić information content (AvgIpc) is 3.45. The molecular weight excluding hydrogens is 456 g/mol. The predicted molar refractivity (Wildman–Crippen MR) is 133 cm³/mol. The molecule has 0 bridgehead atoms. The first-order valence-electron chi connectivity index (χ1n) is 11.3. The Bertz CT molecular complexity index is 1220. The third kappa shape index (κ3) is 4.98. The molecule has 176 valence electrons. The summed E-state index contributed by atoms with van der Waals surface area (Å²) >= 11 is 1.54. The molecule has 2 aromatic carbocycles. The summed E-state index contributed by atoms with van der Waals surface area (Å²) in [4.78, 5) is 20.3. The average molecular weight is 487 g/mol. The second-order valence-electron chi connectivity index (χ2n) is 8.93. The lowest BCUT2D eigenvalue weighted by molar-refractivity contribution is -0.118. The zero-order chi connectivity index (χ0) is 23.8. The van der Waals surface area contributed by atoms with Gasteiger partial charge >= 0.3 is 0 Å². The van der Waals surface area contributed by atoms with Gasteiger partial charge in [0.2, 0.25) is 5.91 Å². The van der Waals surface area contributed by atoms with E-state index in [-0.39, 0.29) is 23.3 Å². The van der Waals surface area contributed by atoms with Crippen molar-refractivity contribution in [3.8, 4) is 0 Å². The van der Waals surface area contributed by atoms with E-state index in [2.05, 4.69) is 19.1 Å². The zero-order valence-corrected chi connectivity index (χ0v) is 21.1. The van der Waals surface area contributed by atoms with E-state index in [0.717, 1.165) is 46.4 Å². The van der Waals surface area contributed by atoms with Gasteiger partial charge in [-0.2, -0.15) is 0 Å². The maximum Gasteiger partial charge on any atom is 0.233 e. The maximum atomic E-state index is 13.5. The number of amides is 1. The highest BCUT2D eigenvalue weighted by Gasteiger charge is 2.27. The van der Waals surface area contributed by atoms with Crippen LogP contribution < -0.4 is 4.90 Å². The van der Waals surface area contributed by atoms with Crippen LogP contribution in [0.1, 0.15) is 43.4 Å². The molecule has 6 nitrogen and oxygen atoms in total. The fourth-order valence-corrected chi connectivity index (χ4v) is 6.18. The van der Waals surface area contributed by atoms with Crippen molar-refractivity contribution in [1.82, 2.24) is 4.98 Å². The van der Waals surface area contributed by atoms with Crippen molar-refractivity contribution in [2.75, 3.05) is 18.1 Å². The highest BCUT2D eigenvalue weighted by atomic mass is 32.2. The number of hydrogen-bond acceptors (Lipinski definition) is 6. The van der Waals surface area contributed by atoms with Crippen LogP contribution in [-0.4, -0.2) is 43.8 Å². The summed E-state index contributed by atoms with van der Waals surface area (Å²) in [6, 6.07) is 10.8. The van der Waals surface area contributed by atoms with Crippen LogP contribution in [0.25, 0.3) is 10.2 Å². The minimum atomic E-state index is -3.34. The number of sulfone groups is 1. The zero-order valence-electron chi connectivity index (χ0n) is 19.5. The summed E-state index contributed by atoms with van der Waals surface area (Å²) in [7, 11) is -3.34. The van der Waals surface area contributed by atoms with E-state index in [1.54, 1.807) is 43.0 Å². The lowest BCUT2D eigenvalue weighted by atomic mass is 10.1. The van der Waals surface area contributed by atoms with Crippen LogP contribution in [-0.2, 0) is 25.8 Å². The first-order chi connectivity index (χ1) is 15.7. The number of aryl methyl sites for hydroxylation is 2. The fraction of sp³-hybridized carbons (Fsp3) is 0.440. The van der Waals surface area contributed by atoms with E-state index in [1.807, 2.05) is 6.92 Å². The van der Waals surface area contributed by atoms with Crippen LogP contribution in [0.5, 0.6) is 0 Å². The lowest BCUT2D eigenvalue weighted by Gasteiger charge is -2.23. The maximum absolute atomic E-state index is 13.5. The molecule has 1 saturated heterocycles. The molecule has 1 fully saturated rings. The topological polar surface area (TPSA) is 76.6 Å². The Morgan fingerprint density at radius 2 is 1.85 bits per heavy atom. The molecule has 4 rings (SSSR count). The summed E-state index contributed by atoms with van der Waals surface area (Å²) in [5.41, 5.74) is 3.94. The minimum Gasteiger partial charge on any atom is -0.376 e. The van der Waals surface area contributed by atoms with Gasteiger partial charge < -0.3 is 4.74 Å². The fourth-order valence-electron chi connectivity index (χ4n) is 3.98. The Kier molecular flexibility index (Phi) is 6.88. The van der Waals surface area contributed by atoms with Gasteiger partial charge in [0.05, 0.1) is 39.4 Å². The van der Waals surface area contributed by atoms with Crippen molar-refractivity contribution in [3.63, 3.8) is 0 Å². The third-order valence-corrected chi connectivity index (χ3v) is 9.49. The number of carbonyl (C=O) groups excluding carboxylic acids is 1. The van der Waals surface area contributed by atoms with Crippen molar-refractivity contribution in [3.05, 3.63) is 53.1 Å². The Hall–Kier alpha value is -2.29. The summed E-state index contributed by atoms with van der Waals surface area (Å²) in [5.74, 6) is -0.0701. The van der Waals surface area contributed by atoms with E-state index >= 15 is 0 Å². The Labute approximate surface area is 199 Å². The highest BCUT2D eigenvalue weighted by molar-refractivity contribution is 7.92. The number of rotatable bonds is 7. The summed E-state index contributed by atoms with van der Waals surface area (Å²) in [6.45, 7) is 8.61. The van der Waals surface area contributed by atoms with Crippen molar-refractivity contribution in [2.24, 2.45) is 0 Å². The quantitative estimate of drug-likeness (QED) is 0.477. The van der Waals surface area contributed by atoms with Gasteiger partial charge in [-0.1, -0.05) is 35.6 Å². The number of fused-ring (bicyclic) bond motifs is 1. The number of hydrogen-bond donors (Lipinski definition) is 0. The molecule has 33 heavy (non-hydrogen) atoms. The largest absolute Gasteiger partial charge is 0.376 e. The van der Waals surface area contributed by atoms with Crippen LogP contribution >= 0.6 is 11.3 Å². The number of ether oxygens (including phenoxy) is 1. The van der Waals surface area contributed by atoms with Crippen LogP contribution in [0, 0.1) is 13.8 Å². The van der Waals surface area contributed by atoms with Gasteiger partial charge in [0.25, 0.3) is 0 Å². The number of anilines is 1. The second-order valence-corrected chi connectivity index (χ2v) is 12.4. The van der Waals surface area contributed by atoms with Crippen LogP contribution in [0.4, 0.5) is 5.13 Å². The predicted octanol–water partition coefficient (Wildman–Crippen LogP) is 4.85. The van der Waals surface area contributed by atoms with Crippen LogP contribution in [0.15, 0.2) is 41.3 Å². The number of nitrogens with zero attached hydrogens (tertiary/aromatic N) is 2. The summed E-state index contributed by atoms with van der Waals surface area (Å²) < 4.78 is 31.7. The molecular formula is C25H30N2O4S2. The smallest absolute Gasteiger partial charge is 0.233 e. The van der Waals surface area contributed by atoms with Gasteiger partial charge in [-0.15, -0.1) is 0 Å². The molecule has 3 aromatic rings. The number of aromatic nitrogens is 1. The molecule has 0 N–H and O–H groups in total. The molecule has 0 saturated carbocycles. The molecule has 1 aromatic heterocycles. The molecule has 2 heterocycles. The second kappa shape index (κ2) is 9.52. The van der Waals surface area contributed by atoms with Crippen molar-refractivity contribution >= 4 is 42.4 Å². The van der Waals surface area contributed by atoms with Gasteiger partial charge in [0, 0.05) is 6.61 Å². The molecule has 0 aliphatic carbocycles. The SMILES string of the molecule is Cc1ccc(C)c2sc(N(CC3CCCO3)C(=O)Cc3ccc(S(=O)(=O)C(C)C)cc3)nc12. The lowest BCUT2D eigenvalue weighted by Crippen LogP contribution is -2.38. The van der Waals surface area contributed by atoms with E-state index in [0.29, 0.717) is 11.7 Å². The van der Waals surface area contributed by atoms with Crippen molar-refractivity contribution in [2.45, 2.75) is 63.2 Å². The number of thiazole rings is 1. The van der Waals surface area contributed by atoms with Gasteiger partial charge in [0.15, 0.2) is 15.0 Å². The molecule has 1 amide bonds. The van der Waals surface area contributed by atoms with Crippen LogP contribution in [0.3, 0.4) is 0 Å². The number of benzene rings is 2. The highest BCUT2D eigenvalue weighted by Crippen LogP contribution is 2.34. The minimum absolute atomic E-state index is 0.00159. The third-order valence-electron chi connectivity index (χ3n) is 6.10. The van der Waals surface area contributed by atoms with Crippen molar-refractivity contribution < 1.29 is 17.9 Å². The molecule has 0 radical (unpaired) electrons.